The first-order chi connectivity index (χ1) is 14.0. The number of methoxy groups -OCH3 is 1. The van der Waals surface area contributed by atoms with E-state index in [2.05, 4.69) is 15.3 Å². The van der Waals surface area contributed by atoms with E-state index in [1.165, 1.54) is 35.3 Å². The van der Waals surface area contributed by atoms with Gasteiger partial charge in [0.1, 0.15) is 5.75 Å². The molecule has 0 aliphatic carbocycles. The van der Waals surface area contributed by atoms with Crippen molar-refractivity contribution in [3.05, 3.63) is 36.7 Å². The zero-order valence-electron chi connectivity index (χ0n) is 16.2. The average molecular weight is 437 g/mol. The van der Waals surface area contributed by atoms with Crippen molar-refractivity contribution < 1.29 is 17.9 Å². The van der Waals surface area contributed by atoms with E-state index in [0.717, 1.165) is 25.7 Å². The maximum Gasteiger partial charge on any atom is 0.243 e. The molecule has 10 heteroatoms. The van der Waals surface area contributed by atoms with E-state index < -0.39 is 10.0 Å². The molecule has 2 heterocycles. The maximum atomic E-state index is 13.0. The van der Waals surface area contributed by atoms with E-state index in [1.54, 1.807) is 24.5 Å². The van der Waals surface area contributed by atoms with Gasteiger partial charge >= 0.3 is 0 Å². The van der Waals surface area contributed by atoms with Crippen LogP contribution in [0, 0.1) is 0 Å². The SMILES string of the molecule is COc1ccc(S(=O)(=O)N2CCCCCC2)cc1NC(=O)CSc1ncccn1. The van der Waals surface area contributed by atoms with Gasteiger partial charge in [0, 0.05) is 25.5 Å². The van der Waals surface area contributed by atoms with Crippen molar-refractivity contribution in [2.45, 2.75) is 35.7 Å². The number of benzene rings is 1. The summed E-state index contributed by atoms with van der Waals surface area (Å²) >= 11 is 1.19. The third-order valence-electron chi connectivity index (χ3n) is 4.52. The van der Waals surface area contributed by atoms with Gasteiger partial charge in [-0.3, -0.25) is 4.79 Å². The lowest BCUT2D eigenvalue weighted by Gasteiger charge is -2.21. The second-order valence-electron chi connectivity index (χ2n) is 6.55. The molecule has 1 aromatic carbocycles. The van der Waals surface area contributed by atoms with Gasteiger partial charge in [0.15, 0.2) is 5.16 Å². The van der Waals surface area contributed by atoms with Crippen LogP contribution in [0.4, 0.5) is 5.69 Å². The molecular formula is C19H24N4O4S2. The van der Waals surface area contributed by atoms with E-state index in [4.69, 9.17) is 4.74 Å². The Morgan fingerprint density at radius 3 is 2.52 bits per heavy atom. The highest BCUT2D eigenvalue weighted by molar-refractivity contribution is 7.99. The van der Waals surface area contributed by atoms with Gasteiger partial charge in [0.25, 0.3) is 0 Å². The van der Waals surface area contributed by atoms with Gasteiger partial charge in [0.05, 0.1) is 23.4 Å². The molecule has 0 radical (unpaired) electrons. The highest BCUT2D eigenvalue weighted by atomic mass is 32.2. The first-order valence-corrected chi connectivity index (χ1v) is 11.8. The number of carbonyl (C=O) groups is 1. The number of nitrogens with zero attached hydrogens (tertiary/aromatic N) is 3. The lowest BCUT2D eigenvalue weighted by atomic mass is 10.2. The van der Waals surface area contributed by atoms with Crippen LogP contribution < -0.4 is 10.1 Å². The van der Waals surface area contributed by atoms with Crippen molar-refractivity contribution in [2.75, 3.05) is 31.3 Å². The van der Waals surface area contributed by atoms with Crippen molar-refractivity contribution in [2.24, 2.45) is 0 Å². The molecule has 1 N–H and O–H groups in total. The molecule has 156 valence electrons. The van der Waals surface area contributed by atoms with Crippen molar-refractivity contribution in [3.63, 3.8) is 0 Å². The molecule has 2 aromatic rings. The van der Waals surface area contributed by atoms with Crippen molar-refractivity contribution in [1.29, 1.82) is 0 Å². The van der Waals surface area contributed by atoms with E-state index in [9.17, 15) is 13.2 Å². The Hall–Kier alpha value is -2.17. The zero-order chi connectivity index (χ0) is 20.7. The van der Waals surface area contributed by atoms with E-state index in [-0.39, 0.29) is 16.6 Å². The van der Waals surface area contributed by atoms with E-state index in [0.29, 0.717) is 29.7 Å². The third-order valence-corrected chi connectivity index (χ3v) is 7.29. The maximum absolute atomic E-state index is 13.0. The van der Waals surface area contributed by atoms with Crippen LogP contribution in [0.3, 0.4) is 0 Å². The molecule has 0 bridgehead atoms. The molecule has 0 atom stereocenters. The molecule has 0 spiro atoms. The molecule has 3 rings (SSSR count). The summed E-state index contributed by atoms with van der Waals surface area (Å²) in [6.07, 6.45) is 7.01. The zero-order valence-corrected chi connectivity index (χ0v) is 17.8. The minimum atomic E-state index is -3.62. The van der Waals surface area contributed by atoms with Crippen LogP contribution in [-0.2, 0) is 14.8 Å². The molecule has 1 aliphatic heterocycles. The van der Waals surface area contributed by atoms with Crippen LogP contribution in [0.2, 0.25) is 0 Å². The van der Waals surface area contributed by atoms with E-state index >= 15 is 0 Å². The highest BCUT2D eigenvalue weighted by Crippen LogP contribution is 2.30. The molecule has 0 unspecified atom stereocenters. The molecule has 8 nitrogen and oxygen atoms in total. The largest absolute Gasteiger partial charge is 0.495 e. The number of anilines is 1. The number of carbonyl (C=O) groups excluding carboxylic acids is 1. The first kappa shape index (κ1) is 21.5. The molecule has 1 amide bonds. The van der Waals surface area contributed by atoms with Gasteiger partial charge in [-0.1, -0.05) is 24.6 Å². The Labute approximate surface area is 175 Å². The first-order valence-electron chi connectivity index (χ1n) is 9.38. The Morgan fingerprint density at radius 2 is 1.86 bits per heavy atom. The number of sulfonamides is 1. The molecule has 1 aromatic heterocycles. The predicted octanol–water partition coefficient (Wildman–Crippen LogP) is 2.78. The number of amides is 1. The van der Waals surface area contributed by atoms with Crippen LogP contribution >= 0.6 is 11.8 Å². The van der Waals surface area contributed by atoms with Crippen molar-refractivity contribution >= 4 is 33.4 Å². The molecule has 1 saturated heterocycles. The van der Waals surface area contributed by atoms with Crippen LogP contribution in [-0.4, -0.2) is 54.6 Å². The van der Waals surface area contributed by atoms with Gasteiger partial charge in [-0.2, -0.15) is 4.31 Å². The molecule has 0 saturated carbocycles. The molecule has 1 aliphatic rings. The number of nitrogens with one attached hydrogen (secondary N) is 1. The Morgan fingerprint density at radius 1 is 1.17 bits per heavy atom. The summed E-state index contributed by atoms with van der Waals surface area (Å²) in [5, 5.41) is 3.23. The van der Waals surface area contributed by atoms with Crippen molar-refractivity contribution in [1.82, 2.24) is 14.3 Å². The molecule has 1 fully saturated rings. The number of ether oxygens (including phenoxy) is 1. The van der Waals surface area contributed by atoms with Gasteiger partial charge in [-0.25, -0.2) is 18.4 Å². The molecule has 29 heavy (non-hydrogen) atoms. The number of aromatic nitrogens is 2. The normalized spacial score (nSPS) is 15.5. The number of hydrogen-bond donors (Lipinski definition) is 1. The van der Waals surface area contributed by atoms with Crippen LogP contribution in [0.25, 0.3) is 0 Å². The van der Waals surface area contributed by atoms with E-state index in [1.807, 2.05) is 0 Å². The topological polar surface area (TPSA) is 101 Å². The summed E-state index contributed by atoms with van der Waals surface area (Å²) in [4.78, 5) is 20.6. The fourth-order valence-corrected chi connectivity index (χ4v) is 5.20. The fraction of sp³-hybridized carbons (Fsp3) is 0.421. The second kappa shape index (κ2) is 10.0. The number of rotatable bonds is 7. The highest BCUT2D eigenvalue weighted by Gasteiger charge is 2.26. The van der Waals surface area contributed by atoms with Gasteiger partial charge < -0.3 is 10.1 Å². The number of hydrogen-bond acceptors (Lipinski definition) is 7. The second-order valence-corrected chi connectivity index (χ2v) is 9.43. The smallest absolute Gasteiger partial charge is 0.243 e. The Bertz CT molecular complexity index is 930. The van der Waals surface area contributed by atoms with Gasteiger partial charge in [0.2, 0.25) is 15.9 Å². The Balaban J connectivity index is 1.75. The minimum Gasteiger partial charge on any atom is -0.495 e. The van der Waals surface area contributed by atoms with Crippen LogP contribution in [0.1, 0.15) is 25.7 Å². The number of thioether (sulfide) groups is 1. The lowest BCUT2D eigenvalue weighted by Crippen LogP contribution is -2.32. The summed E-state index contributed by atoms with van der Waals surface area (Å²) in [6.45, 7) is 1.04. The minimum absolute atomic E-state index is 0.0935. The van der Waals surface area contributed by atoms with Gasteiger partial charge in [-0.05, 0) is 37.1 Å². The third kappa shape index (κ3) is 5.68. The fourth-order valence-electron chi connectivity index (χ4n) is 3.05. The quantitative estimate of drug-likeness (QED) is 0.526. The predicted molar refractivity (Wildman–Crippen MR) is 112 cm³/mol. The summed E-state index contributed by atoms with van der Waals surface area (Å²) in [5.41, 5.74) is 0.322. The molecular weight excluding hydrogens is 412 g/mol. The monoisotopic (exact) mass is 436 g/mol. The average Bonchev–Trinajstić information content (AvgIpc) is 3.03. The summed E-state index contributed by atoms with van der Waals surface area (Å²) in [6, 6.07) is 6.24. The summed E-state index contributed by atoms with van der Waals surface area (Å²) in [5.74, 6) is 0.190. The summed E-state index contributed by atoms with van der Waals surface area (Å²) < 4.78 is 32.9. The standard InChI is InChI=1S/C19H24N4O4S2/c1-27-17-8-7-15(29(25,26)23-11-4-2-3-5-12-23)13-16(17)22-18(24)14-28-19-20-9-6-10-21-19/h6-10,13H,2-5,11-12,14H2,1H3,(H,22,24). The Kier molecular flexibility index (Phi) is 7.45. The van der Waals surface area contributed by atoms with Crippen LogP contribution in [0.5, 0.6) is 5.75 Å². The van der Waals surface area contributed by atoms with Gasteiger partial charge in [-0.15, -0.1) is 0 Å². The lowest BCUT2D eigenvalue weighted by molar-refractivity contribution is -0.113. The van der Waals surface area contributed by atoms with Crippen molar-refractivity contribution in [3.8, 4) is 5.75 Å². The summed E-state index contributed by atoms with van der Waals surface area (Å²) in [7, 11) is -2.15. The van der Waals surface area contributed by atoms with Crippen LogP contribution in [0.15, 0.2) is 46.7 Å².